The van der Waals surface area contributed by atoms with Gasteiger partial charge < -0.3 is 46.0 Å². The van der Waals surface area contributed by atoms with Crippen LogP contribution in [0.2, 0.25) is 0 Å². The van der Waals surface area contributed by atoms with E-state index in [0.29, 0.717) is 0 Å². The van der Waals surface area contributed by atoms with Crippen molar-refractivity contribution in [3.05, 3.63) is 0 Å². The standard InChI is InChI=1S/3C2H4O4.Y/c3*3-1(4)2(5)6;/h3*1,3-4H,(H,5,6);. The minimum absolute atomic E-state index is 0. The molecule has 0 fully saturated rings. The fourth-order valence-electron chi connectivity index (χ4n) is 0. The maximum Gasteiger partial charge on any atom is 0.360 e. The molecule has 0 aliphatic rings. The summed E-state index contributed by atoms with van der Waals surface area (Å²) in [6.45, 7) is 0. The molecule has 0 amide bonds. The number of carboxylic acid groups (broad SMARTS) is 3. The Morgan fingerprint density at radius 3 is 0.579 bits per heavy atom. The Morgan fingerprint density at radius 2 is 0.579 bits per heavy atom. The van der Waals surface area contributed by atoms with E-state index in [0.717, 1.165) is 0 Å². The van der Waals surface area contributed by atoms with Crippen LogP contribution in [0, 0.1) is 0 Å². The van der Waals surface area contributed by atoms with Gasteiger partial charge in [0.25, 0.3) is 18.9 Å². The summed E-state index contributed by atoms with van der Waals surface area (Å²) < 4.78 is 0. The molecule has 0 aromatic carbocycles. The average Bonchev–Trinajstić information content (AvgIpc) is 2.18. The minimum Gasteiger partial charge on any atom is -0.477 e. The molecule has 0 unspecified atom stereocenters. The van der Waals surface area contributed by atoms with Crippen molar-refractivity contribution in [3.63, 3.8) is 0 Å². The van der Waals surface area contributed by atoms with E-state index in [9.17, 15) is 14.4 Å². The number of aliphatic hydroxyl groups excluding tert-OH is 3. The van der Waals surface area contributed by atoms with Gasteiger partial charge in [0.2, 0.25) is 0 Å². The number of aliphatic carboxylic acids is 3. The van der Waals surface area contributed by atoms with E-state index in [2.05, 4.69) is 0 Å². The monoisotopic (exact) mass is 365 g/mol. The summed E-state index contributed by atoms with van der Waals surface area (Å²) in [5, 5.41) is 68.0. The molecule has 0 atom stereocenters. The van der Waals surface area contributed by atoms with Crippen LogP contribution in [0.3, 0.4) is 0 Å². The molecule has 0 spiro atoms. The molecule has 9 N–H and O–H groups in total. The molecule has 19 heavy (non-hydrogen) atoms. The average molecular weight is 365 g/mol. The predicted octanol–water partition coefficient (Wildman–Crippen LogP) is -4.86. The fraction of sp³-hybridized carbons (Fsp3) is 0.500. The van der Waals surface area contributed by atoms with Gasteiger partial charge in [0.15, 0.2) is 0 Å². The Morgan fingerprint density at radius 1 is 0.526 bits per heavy atom. The number of carboxylic acids is 3. The Hall–Kier alpha value is -0.726. The third-order valence-corrected chi connectivity index (χ3v) is 0.663. The van der Waals surface area contributed by atoms with E-state index in [1.54, 1.807) is 0 Å². The summed E-state index contributed by atoms with van der Waals surface area (Å²) in [6, 6.07) is 0. The fourth-order valence-corrected chi connectivity index (χ4v) is 0. The van der Waals surface area contributed by atoms with E-state index in [1.807, 2.05) is 0 Å². The molecule has 0 heterocycles. The van der Waals surface area contributed by atoms with Crippen LogP contribution >= 0.6 is 0 Å². The van der Waals surface area contributed by atoms with Gasteiger partial charge in [-0.25, -0.2) is 14.4 Å². The summed E-state index contributed by atoms with van der Waals surface area (Å²) in [4.78, 5) is 27.6. The Bertz CT molecular complexity index is 218. The van der Waals surface area contributed by atoms with Gasteiger partial charge in [-0.1, -0.05) is 0 Å². The van der Waals surface area contributed by atoms with Crippen LogP contribution < -0.4 is 0 Å². The van der Waals surface area contributed by atoms with Gasteiger partial charge in [0.1, 0.15) is 0 Å². The van der Waals surface area contributed by atoms with Gasteiger partial charge in [-0.3, -0.25) is 0 Å². The SMILES string of the molecule is O=C(O)C(O)O.O=C(O)C(O)O.O=C(O)C(O)O.[Y]. The maximum atomic E-state index is 9.20. The summed E-state index contributed by atoms with van der Waals surface area (Å²) in [5.74, 6) is -4.89. The van der Waals surface area contributed by atoms with Crippen LogP contribution in [0.5, 0.6) is 0 Å². The molecule has 0 aliphatic carbocycles. The molecule has 111 valence electrons. The summed E-state index contributed by atoms with van der Waals surface area (Å²) >= 11 is 0. The molecule has 0 aliphatic heterocycles. The molecule has 0 aromatic heterocycles. The first-order chi connectivity index (χ1) is 7.93. The Labute approximate surface area is 130 Å². The largest absolute Gasteiger partial charge is 0.477 e. The third kappa shape index (κ3) is 31.7. The van der Waals surface area contributed by atoms with Crippen LogP contribution in [0.25, 0.3) is 0 Å². The van der Waals surface area contributed by atoms with Gasteiger partial charge >= 0.3 is 17.9 Å². The Balaban J connectivity index is -0.0000000865. The first-order valence-corrected chi connectivity index (χ1v) is 3.70. The molecule has 0 bridgehead atoms. The first kappa shape index (κ1) is 26.8. The second-order valence-electron chi connectivity index (χ2n) is 2.14. The summed E-state index contributed by atoms with van der Waals surface area (Å²) in [5.41, 5.74) is 0. The molecule has 13 heteroatoms. The molecular formula is C6H12O12Y. The van der Waals surface area contributed by atoms with Crippen molar-refractivity contribution < 1.29 is 93.1 Å². The zero-order valence-corrected chi connectivity index (χ0v) is 11.9. The van der Waals surface area contributed by atoms with Crippen LogP contribution in [0.15, 0.2) is 0 Å². The number of hydrogen-bond acceptors (Lipinski definition) is 9. The zero-order chi connectivity index (χ0) is 15.5. The van der Waals surface area contributed by atoms with Gasteiger partial charge in [-0.05, 0) is 0 Å². The molecule has 0 saturated carbocycles. The molecule has 0 saturated heterocycles. The Kier molecular flexibility index (Phi) is 21.6. The zero-order valence-electron chi connectivity index (χ0n) is 9.06. The first-order valence-electron chi connectivity index (χ1n) is 3.70. The van der Waals surface area contributed by atoms with Crippen molar-refractivity contribution in [2.24, 2.45) is 0 Å². The van der Waals surface area contributed by atoms with Crippen molar-refractivity contribution >= 4 is 17.9 Å². The summed E-state index contributed by atoms with van der Waals surface area (Å²) in [7, 11) is 0. The van der Waals surface area contributed by atoms with E-state index >= 15 is 0 Å². The molecule has 0 aromatic rings. The van der Waals surface area contributed by atoms with Crippen LogP contribution in [0.1, 0.15) is 0 Å². The van der Waals surface area contributed by atoms with E-state index < -0.39 is 36.8 Å². The molecule has 1 radical (unpaired) electrons. The van der Waals surface area contributed by atoms with Crippen LogP contribution in [-0.2, 0) is 47.1 Å². The van der Waals surface area contributed by atoms with Gasteiger partial charge in [-0.2, -0.15) is 0 Å². The van der Waals surface area contributed by atoms with Gasteiger partial charge in [0.05, 0.1) is 0 Å². The maximum absolute atomic E-state index is 9.20. The number of carbonyl (C=O) groups is 3. The van der Waals surface area contributed by atoms with E-state index in [4.69, 9.17) is 46.0 Å². The normalized spacial score (nSPS) is 8.68. The second kappa shape index (κ2) is 15.3. The van der Waals surface area contributed by atoms with Gasteiger partial charge in [-0.15, -0.1) is 0 Å². The quantitative estimate of drug-likeness (QED) is 0.214. The molecule has 12 nitrogen and oxygen atoms in total. The van der Waals surface area contributed by atoms with Crippen molar-refractivity contribution in [1.82, 2.24) is 0 Å². The summed E-state index contributed by atoms with van der Waals surface area (Å²) in [6.07, 6.45) is -6.69. The predicted molar refractivity (Wildman–Crippen MR) is 47.6 cm³/mol. The van der Waals surface area contributed by atoms with Crippen LogP contribution in [-0.4, -0.2) is 82.7 Å². The topological polar surface area (TPSA) is 233 Å². The second-order valence-corrected chi connectivity index (χ2v) is 2.14. The number of hydrogen-bond donors (Lipinski definition) is 9. The molecular weight excluding hydrogens is 353 g/mol. The van der Waals surface area contributed by atoms with Gasteiger partial charge in [0, 0.05) is 32.7 Å². The molecule has 0 rings (SSSR count). The third-order valence-electron chi connectivity index (χ3n) is 0.663. The van der Waals surface area contributed by atoms with Crippen LogP contribution in [0.4, 0.5) is 0 Å². The minimum atomic E-state index is -2.23. The van der Waals surface area contributed by atoms with Crippen molar-refractivity contribution in [2.75, 3.05) is 0 Å². The number of aliphatic hydroxyl groups is 6. The van der Waals surface area contributed by atoms with E-state index in [-0.39, 0.29) is 32.7 Å². The number of rotatable bonds is 3. The van der Waals surface area contributed by atoms with Crippen molar-refractivity contribution in [1.29, 1.82) is 0 Å². The van der Waals surface area contributed by atoms with Crippen molar-refractivity contribution in [3.8, 4) is 0 Å². The van der Waals surface area contributed by atoms with Crippen molar-refractivity contribution in [2.45, 2.75) is 18.9 Å². The van der Waals surface area contributed by atoms with E-state index in [1.165, 1.54) is 0 Å². The smallest absolute Gasteiger partial charge is 0.360 e.